The van der Waals surface area contributed by atoms with Gasteiger partial charge in [0.2, 0.25) is 0 Å². The summed E-state index contributed by atoms with van der Waals surface area (Å²) >= 11 is 0. The number of anilines is 1. The second-order valence-corrected chi connectivity index (χ2v) is 5.05. The lowest BCUT2D eigenvalue weighted by molar-refractivity contribution is 0.473. The molecule has 4 N–H and O–H groups in total. The molecule has 0 aliphatic heterocycles. The topological polar surface area (TPSA) is 52.0 Å². The minimum absolute atomic E-state index is 0.179. The van der Waals surface area contributed by atoms with Crippen LogP contribution in [0.5, 0.6) is 0 Å². The zero-order valence-corrected chi connectivity index (χ0v) is 12.8. The molecule has 0 saturated heterocycles. The molecule has 120 valence electrons. The smallest absolute Gasteiger partial charge is 0.123 e. The van der Waals surface area contributed by atoms with E-state index in [0.717, 1.165) is 36.1 Å². The Hall–Kier alpha value is -1.94. The molecule has 2 rings (SSSR count). The van der Waals surface area contributed by atoms with E-state index in [9.17, 15) is 8.78 Å². The van der Waals surface area contributed by atoms with Crippen LogP contribution >= 0.6 is 0 Å². The zero-order valence-electron chi connectivity index (χ0n) is 12.8. The highest BCUT2D eigenvalue weighted by Crippen LogP contribution is 2.07. The molecular weight excluding hydrogens is 282 g/mol. The Morgan fingerprint density at radius 2 is 1.27 bits per heavy atom. The van der Waals surface area contributed by atoms with Gasteiger partial charge >= 0.3 is 0 Å². The molecule has 2 aromatic carbocycles. The third-order valence-electron chi connectivity index (χ3n) is 3.16. The summed E-state index contributed by atoms with van der Waals surface area (Å²) in [5, 5.41) is 0. The summed E-state index contributed by atoms with van der Waals surface area (Å²) < 4.78 is 24.1. The van der Waals surface area contributed by atoms with Crippen LogP contribution in [0, 0.1) is 5.82 Å². The van der Waals surface area contributed by atoms with Crippen LogP contribution < -0.4 is 11.5 Å². The Morgan fingerprint density at radius 3 is 1.77 bits per heavy atom. The third kappa shape index (κ3) is 7.74. The summed E-state index contributed by atoms with van der Waals surface area (Å²) in [6.45, 7) is 0.446. The van der Waals surface area contributed by atoms with E-state index in [1.165, 1.54) is 12.1 Å². The van der Waals surface area contributed by atoms with Crippen molar-refractivity contribution in [1.29, 1.82) is 0 Å². The van der Waals surface area contributed by atoms with Crippen molar-refractivity contribution in [2.75, 3.05) is 19.0 Å². The molecule has 0 aliphatic carbocycles. The SMILES string of the molecule is NCCCc1ccc(F)cc1.Nc1ccc(CCCF)cc1. The van der Waals surface area contributed by atoms with Gasteiger partial charge in [-0.2, -0.15) is 0 Å². The first kappa shape index (κ1) is 18.1. The first-order chi connectivity index (χ1) is 10.7. The van der Waals surface area contributed by atoms with E-state index in [0.29, 0.717) is 13.0 Å². The summed E-state index contributed by atoms with van der Waals surface area (Å²) in [6, 6.07) is 14.1. The standard InChI is InChI=1S/2C9H12FN/c10-9-5-3-8(4-6-9)2-1-7-11;10-7-1-2-8-3-5-9(11)6-4-8/h2*3-6H,1-2,7,11H2. The molecule has 0 aromatic heterocycles. The predicted octanol–water partition coefficient (Wildman–Crippen LogP) is 3.89. The van der Waals surface area contributed by atoms with E-state index >= 15 is 0 Å². The quantitative estimate of drug-likeness (QED) is 0.796. The largest absolute Gasteiger partial charge is 0.399 e. The average molecular weight is 306 g/mol. The molecule has 0 saturated carbocycles. The van der Waals surface area contributed by atoms with Gasteiger partial charge in [0.1, 0.15) is 5.82 Å². The number of halogens is 2. The van der Waals surface area contributed by atoms with Crippen LogP contribution in [0.1, 0.15) is 24.0 Å². The van der Waals surface area contributed by atoms with Crippen molar-refractivity contribution in [2.24, 2.45) is 5.73 Å². The minimum atomic E-state index is -0.246. The average Bonchev–Trinajstić information content (AvgIpc) is 2.54. The van der Waals surface area contributed by atoms with E-state index in [4.69, 9.17) is 11.5 Å². The molecule has 0 atom stereocenters. The number of rotatable bonds is 6. The fraction of sp³-hybridized carbons (Fsp3) is 0.333. The monoisotopic (exact) mass is 306 g/mol. The number of nitrogens with two attached hydrogens (primary N) is 2. The second kappa shape index (κ2) is 10.7. The summed E-state index contributed by atoms with van der Waals surface area (Å²) in [7, 11) is 0. The lowest BCUT2D eigenvalue weighted by Crippen LogP contribution is -2.00. The van der Waals surface area contributed by atoms with E-state index in [1.807, 2.05) is 24.3 Å². The molecule has 0 amide bonds. The highest BCUT2D eigenvalue weighted by atomic mass is 19.1. The Kier molecular flexibility index (Phi) is 8.84. The molecule has 4 heteroatoms. The summed E-state index contributed by atoms with van der Waals surface area (Å²) in [6.07, 6.45) is 3.31. The van der Waals surface area contributed by atoms with Gasteiger partial charge in [-0.25, -0.2) is 4.39 Å². The van der Waals surface area contributed by atoms with Crippen molar-refractivity contribution in [1.82, 2.24) is 0 Å². The molecule has 0 radical (unpaired) electrons. The Morgan fingerprint density at radius 1 is 0.773 bits per heavy atom. The molecule has 2 nitrogen and oxygen atoms in total. The maximum absolute atomic E-state index is 12.4. The Bertz CT molecular complexity index is 460. The Labute approximate surface area is 131 Å². The molecule has 22 heavy (non-hydrogen) atoms. The Balaban J connectivity index is 0.000000220. The fourth-order valence-corrected chi connectivity index (χ4v) is 1.91. The van der Waals surface area contributed by atoms with Crippen LogP contribution in [0.3, 0.4) is 0 Å². The number of nitrogen functional groups attached to an aromatic ring is 1. The molecule has 2 aromatic rings. The molecule has 0 unspecified atom stereocenters. The van der Waals surface area contributed by atoms with Crippen molar-refractivity contribution < 1.29 is 8.78 Å². The maximum Gasteiger partial charge on any atom is 0.123 e. The van der Waals surface area contributed by atoms with Crippen LogP contribution in [0.2, 0.25) is 0 Å². The van der Waals surface area contributed by atoms with Crippen LogP contribution in [0.4, 0.5) is 14.5 Å². The van der Waals surface area contributed by atoms with Gasteiger partial charge in [0.25, 0.3) is 0 Å². The van der Waals surface area contributed by atoms with Gasteiger partial charge in [0, 0.05) is 5.69 Å². The molecule has 0 bridgehead atoms. The summed E-state index contributed by atoms with van der Waals surface area (Å²) in [4.78, 5) is 0. The maximum atomic E-state index is 12.4. The van der Waals surface area contributed by atoms with E-state index in [2.05, 4.69) is 0 Å². The van der Waals surface area contributed by atoms with Crippen molar-refractivity contribution in [2.45, 2.75) is 25.7 Å². The number of hydrogen-bond donors (Lipinski definition) is 2. The molecule has 0 heterocycles. The number of benzene rings is 2. The van der Waals surface area contributed by atoms with Gasteiger partial charge in [0.05, 0.1) is 6.67 Å². The molecule has 0 spiro atoms. The van der Waals surface area contributed by atoms with Gasteiger partial charge < -0.3 is 11.5 Å². The third-order valence-corrected chi connectivity index (χ3v) is 3.16. The fourth-order valence-electron chi connectivity index (χ4n) is 1.91. The van der Waals surface area contributed by atoms with Gasteiger partial charge in [-0.3, -0.25) is 4.39 Å². The van der Waals surface area contributed by atoms with Crippen molar-refractivity contribution in [3.05, 3.63) is 65.5 Å². The van der Waals surface area contributed by atoms with Crippen LogP contribution in [0.25, 0.3) is 0 Å². The van der Waals surface area contributed by atoms with E-state index in [1.54, 1.807) is 12.1 Å². The lowest BCUT2D eigenvalue weighted by Gasteiger charge is -1.98. The van der Waals surface area contributed by atoms with Crippen LogP contribution in [0.15, 0.2) is 48.5 Å². The van der Waals surface area contributed by atoms with Crippen LogP contribution in [-0.2, 0) is 12.8 Å². The van der Waals surface area contributed by atoms with Crippen molar-refractivity contribution in [3.8, 4) is 0 Å². The van der Waals surface area contributed by atoms with Gasteiger partial charge in [-0.15, -0.1) is 0 Å². The predicted molar refractivity (Wildman–Crippen MR) is 88.9 cm³/mol. The minimum Gasteiger partial charge on any atom is -0.399 e. The first-order valence-corrected chi connectivity index (χ1v) is 7.50. The van der Waals surface area contributed by atoms with Crippen molar-refractivity contribution >= 4 is 5.69 Å². The van der Waals surface area contributed by atoms with Crippen LogP contribution in [-0.4, -0.2) is 13.2 Å². The van der Waals surface area contributed by atoms with Gasteiger partial charge in [-0.1, -0.05) is 24.3 Å². The second-order valence-electron chi connectivity index (χ2n) is 5.05. The van der Waals surface area contributed by atoms with E-state index < -0.39 is 0 Å². The summed E-state index contributed by atoms with van der Waals surface area (Å²) in [5.41, 5.74) is 13.9. The molecule has 0 aliphatic rings. The normalized spacial score (nSPS) is 9.95. The van der Waals surface area contributed by atoms with Gasteiger partial charge in [0.15, 0.2) is 0 Å². The van der Waals surface area contributed by atoms with Gasteiger partial charge in [-0.05, 0) is 67.6 Å². The molecule has 0 fully saturated rings. The first-order valence-electron chi connectivity index (χ1n) is 7.50. The van der Waals surface area contributed by atoms with Crippen molar-refractivity contribution in [3.63, 3.8) is 0 Å². The molecular formula is C18H24F2N2. The highest BCUT2D eigenvalue weighted by Gasteiger charge is 1.92. The lowest BCUT2D eigenvalue weighted by atomic mass is 10.1. The number of alkyl halides is 1. The zero-order chi connectivity index (χ0) is 16.2. The summed E-state index contributed by atoms with van der Waals surface area (Å²) in [5.74, 6) is -0.179. The number of hydrogen-bond acceptors (Lipinski definition) is 2. The highest BCUT2D eigenvalue weighted by molar-refractivity contribution is 5.39. The number of aryl methyl sites for hydroxylation is 2. The van der Waals surface area contributed by atoms with E-state index in [-0.39, 0.29) is 12.5 Å².